The Bertz CT molecular complexity index is 889. The van der Waals surface area contributed by atoms with E-state index in [4.69, 9.17) is 21.5 Å². The molecule has 0 fully saturated rings. The summed E-state index contributed by atoms with van der Waals surface area (Å²) < 4.78 is 11.4. The van der Waals surface area contributed by atoms with Gasteiger partial charge in [-0.15, -0.1) is 0 Å². The number of ether oxygens (including phenoxy) is 1. The summed E-state index contributed by atoms with van der Waals surface area (Å²) in [7, 11) is 0. The Labute approximate surface area is 155 Å². The van der Waals surface area contributed by atoms with Crippen molar-refractivity contribution >= 4 is 23.3 Å². The fraction of sp³-hybridized carbons (Fsp3) is 0.294. The van der Waals surface area contributed by atoms with Crippen LogP contribution < -0.4 is 20.4 Å². The molecule has 2 aromatic rings. The first-order chi connectivity index (χ1) is 12.4. The van der Waals surface area contributed by atoms with Crippen LogP contribution in [0.2, 0.25) is 0 Å². The Morgan fingerprint density at radius 2 is 2.08 bits per heavy atom. The van der Waals surface area contributed by atoms with Crippen molar-refractivity contribution < 1.29 is 23.8 Å². The lowest BCUT2D eigenvalue weighted by Crippen LogP contribution is -2.50. The van der Waals surface area contributed by atoms with Gasteiger partial charge in [-0.2, -0.15) is 0 Å². The number of nitrogens with zero attached hydrogens (tertiary/aromatic N) is 2. The summed E-state index contributed by atoms with van der Waals surface area (Å²) in [6, 6.07) is 6.54. The highest BCUT2D eigenvalue weighted by atomic mass is 32.1. The van der Waals surface area contributed by atoms with Crippen molar-refractivity contribution in [2.75, 3.05) is 6.61 Å². The van der Waals surface area contributed by atoms with Crippen LogP contribution in [0.15, 0.2) is 40.1 Å². The predicted octanol–water partition coefficient (Wildman–Crippen LogP) is 0.689. The minimum Gasteiger partial charge on any atom is -0.539 e. The van der Waals surface area contributed by atoms with Crippen LogP contribution >= 0.6 is 12.2 Å². The van der Waals surface area contributed by atoms with E-state index in [-0.39, 0.29) is 23.0 Å². The topological polar surface area (TPSA) is 103 Å². The zero-order valence-corrected chi connectivity index (χ0v) is 15.3. The highest BCUT2D eigenvalue weighted by Gasteiger charge is 2.39. The lowest BCUT2D eigenvalue weighted by Gasteiger charge is -2.27. The molecule has 1 aliphatic heterocycles. The number of rotatable bonds is 4. The van der Waals surface area contributed by atoms with Gasteiger partial charge in [-0.05, 0) is 37.7 Å². The molecule has 0 bridgehead atoms. The van der Waals surface area contributed by atoms with E-state index >= 15 is 0 Å². The molecule has 1 aliphatic rings. The van der Waals surface area contributed by atoms with Crippen molar-refractivity contribution in [3.63, 3.8) is 0 Å². The maximum absolute atomic E-state index is 12.5. The van der Waals surface area contributed by atoms with Crippen LogP contribution in [0.5, 0.6) is 5.95 Å². The summed E-state index contributed by atoms with van der Waals surface area (Å²) >= 11 is 5.19. The number of nitrogens with one attached hydrogen (secondary N) is 2. The van der Waals surface area contributed by atoms with E-state index in [2.05, 4.69) is 15.9 Å². The summed E-state index contributed by atoms with van der Waals surface area (Å²) in [6.07, 6.45) is 0. The highest BCUT2D eigenvalue weighted by molar-refractivity contribution is 7.80. The molecule has 136 valence electrons. The van der Waals surface area contributed by atoms with Crippen LogP contribution in [-0.4, -0.2) is 23.0 Å². The summed E-state index contributed by atoms with van der Waals surface area (Å²) in [5, 5.41) is 22.3. The average Bonchev–Trinajstić information content (AvgIpc) is 2.96. The molecule has 2 heterocycles. The quantitative estimate of drug-likeness (QED) is 0.458. The Balaban J connectivity index is 2.13. The molecule has 2 N–H and O–H groups in total. The van der Waals surface area contributed by atoms with Crippen LogP contribution in [0.4, 0.5) is 0 Å². The van der Waals surface area contributed by atoms with Gasteiger partial charge >= 0.3 is 5.97 Å². The van der Waals surface area contributed by atoms with Crippen molar-refractivity contribution in [2.24, 2.45) is 0 Å². The molecule has 3 rings (SSSR count). The third-order valence-corrected chi connectivity index (χ3v) is 4.18. The molecule has 0 radical (unpaired) electrons. The molecule has 1 atom stereocenters. The van der Waals surface area contributed by atoms with E-state index in [0.717, 1.165) is 5.56 Å². The molecule has 1 aromatic carbocycles. The Kier molecular flexibility index (Phi) is 4.90. The van der Waals surface area contributed by atoms with Crippen molar-refractivity contribution in [1.82, 2.24) is 15.9 Å². The number of carbonyl (C=O) groups is 1. The first-order valence-corrected chi connectivity index (χ1v) is 8.44. The van der Waals surface area contributed by atoms with E-state index in [9.17, 15) is 9.90 Å². The van der Waals surface area contributed by atoms with Gasteiger partial charge in [0, 0.05) is 17.8 Å². The SMILES string of the molecule is CCOC(=O)C1=C(C)NC(=S)NC1c1c([O-])on[n+]1-c1ccc(C)cc1. The van der Waals surface area contributed by atoms with E-state index < -0.39 is 18.0 Å². The zero-order valence-electron chi connectivity index (χ0n) is 14.5. The number of benzene rings is 1. The summed E-state index contributed by atoms with van der Waals surface area (Å²) in [5.41, 5.74) is 2.59. The van der Waals surface area contributed by atoms with Gasteiger partial charge in [0.2, 0.25) is 5.69 Å². The monoisotopic (exact) mass is 374 g/mol. The number of carbonyl (C=O) groups excluding carboxylic acids is 1. The maximum Gasteiger partial charge on any atom is 0.338 e. The third kappa shape index (κ3) is 3.25. The Morgan fingerprint density at radius 1 is 1.38 bits per heavy atom. The van der Waals surface area contributed by atoms with Gasteiger partial charge < -0.3 is 25.0 Å². The predicted molar refractivity (Wildman–Crippen MR) is 93.2 cm³/mol. The van der Waals surface area contributed by atoms with E-state index in [1.54, 1.807) is 26.0 Å². The number of thiocarbonyl (C=S) groups is 1. The molecule has 26 heavy (non-hydrogen) atoms. The lowest BCUT2D eigenvalue weighted by atomic mass is 10.00. The third-order valence-electron chi connectivity index (χ3n) is 3.96. The van der Waals surface area contributed by atoms with Crippen LogP contribution in [0.1, 0.15) is 31.1 Å². The smallest absolute Gasteiger partial charge is 0.338 e. The molecule has 1 unspecified atom stereocenters. The van der Waals surface area contributed by atoms with Gasteiger partial charge in [0.15, 0.2) is 17.1 Å². The summed E-state index contributed by atoms with van der Waals surface area (Å²) in [6.45, 7) is 5.57. The van der Waals surface area contributed by atoms with Crippen molar-refractivity contribution in [1.29, 1.82) is 0 Å². The van der Waals surface area contributed by atoms with Crippen LogP contribution in [-0.2, 0) is 9.53 Å². The van der Waals surface area contributed by atoms with Crippen molar-refractivity contribution in [3.8, 4) is 11.6 Å². The average molecular weight is 374 g/mol. The van der Waals surface area contributed by atoms with Crippen molar-refractivity contribution in [3.05, 3.63) is 46.8 Å². The number of hydrogen-bond acceptors (Lipinski definition) is 6. The van der Waals surface area contributed by atoms with Crippen molar-refractivity contribution in [2.45, 2.75) is 26.8 Å². The number of aryl methyl sites for hydroxylation is 1. The fourth-order valence-corrected chi connectivity index (χ4v) is 3.02. The molecular weight excluding hydrogens is 356 g/mol. The van der Waals surface area contributed by atoms with Gasteiger partial charge in [0.05, 0.1) is 17.5 Å². The van der Waals surface area contributed by atoms with Crippen LogP contribution in [0.3, 0.4) is 0 Å². The van der Waals surface area contributed by atoms with Gasteiger partial charge in [-0.25, -0.2) is 4.79 Å². The van der Waals surface area contributed by atoms with Gasteiger partial charge in [0.25, 0.3) is 5.69 Å². The molecule has 0 saturated carbocycles. The molecule has 8 nitrogen and oxygen atoms in total. The molecule has 0 aliphatic carbocycles. The number of aromatic nitrogens is 2. The van der Waals surface area contributed by atoms with E-state index in [1.807, 2.05) is 19.1 Å². The van der Waals surface area contributed by atoms with E-state index in [0.29, 0.717) is 11.4 Å². The largest absolute Gasteiger partial charge is 0.539 e. The minimum absolute atomic E-state index is 0.139. The fourth-order valence-electron chi connectivity index (χ4n) is 2.75. The molecular formula is C17H18N4O4S. The standard InChI is InChI=1S/C17H18N4O4S/c1-4-24-15(22)12-10(3)18-17(26)19-13(12)14-16(23)25-20-21(14)11-7-5-9(2)6-8-11/h5-8,13H,4H2,1-3H3,(H2-,18,19,20,22,23,26). The highest BCUT2D eigenvalue weighted by Crippen LogP contribution is 2.30. The Morgan fingerprint density at radius 3 is 2.73 bits per heavy atom. The second-order valence-corrected chi connectivity index (χ2v) is 6.19. The summed E-state index contributed by atoms with van der Waals surface area (Å²) in [5.74, 6) is -1.21. The van der Waals surface area contributed by atoms with Gasteiger partial charge in [-0.1, -0.05) is 17.7 Å². The van der Waals surface area contributed by atoms with Gasteiger partial charge in [-0.3, -0.25) is 0 Å². The molecule has 0 amide bonds. The maximum atomic E-state index is 12.5. The molecule has 0 spiro atoms. The number of allylic oxidation sites excluding steroid dienone is 1. The number of esters is 1. The second kappa shape index (κ2) is 7.12. The van der Waals surface area contributed by atoms with Gasteiger partial charge in [0.1, 0.15) is 0 Å². The normalized spacial score (nSPS) is 16.9. The van der Waals surface area contributed by atoms with Crippen LogP contribution in [0.25, 0.3) is 5.69 Å². The minimum atomic E-state index is -0.845. The zero-order chi connectivity index (χ0) is 18.8. The molecule has 0 saturated heterocycles. The Hall–Kier alpha value is -2.94. The summed E-state index contributed by atoms with van der Waals surface area (Å²) in [4.78, 5) is 12.5. The second-order valence-electron chi connectivity index (χ2n) is 5.78. The molecule has 1 aromatic heterocycles. The lowest BCUT2D eigenvalue weighted by molar-refractivity contribution is -0.678. The van der Waals surface area contributed by atoms with Crippen LogP contribution in [0, 0.1) is 6.92 Å². The first kappa shape index (κ1) is 17.9. The molecule has 9 heteroatoms. The van der Waals surface area contributed by atoms with E-state index in [1.165, 1.54) is 4.68 Å². The first-order valence-electron chi connectivity index (χ1n) is 8.03. The number of hydrogen-bond donors (Lipinski definition) is 2.